The maximum absolute atomic E-state index is 12.7. The number of rotatable bonds is 7. The molecular formula is C24H23N3O3S2. The van der Waals surface area contributed by atoms with Crippen LogP contribution in [0.25, 0.3) is 10.2 Å². The number of fused-ring (bicyclic) bond motifs is 1. The molecule has 1 atom stereocenters. The quantitative estimate of drug-likeness (QED) is 0.360. The summed E-state index contributed by atoms with van der Waals surface area (Å²) in [6, 6.07) is 17.2. The van der Waals surface area contributed by atoms with Crippen molar-refractivity contribution < 1.29 is 14.3 Å². The lowest BCUT2D eigenvalue weighted by atomic mass is 10.2. The Hall–Kier alpha value is -3.07. The summed E-state index contributed by atoms with van der Waals surface area (Å²) in [4.78, 5) is 34.5. The van der Waals surface area contributed by atoms with Crippen LogP contribution in [-0.4, -0.2) is 35.9 Å². The van der Waals surface area contributed by atoms with Gasteiger partial charge in [-0.2, -0.15) is 0 Å². The summed E-state index contributed by atoms with van der Waals surface area (Å²) in [5, 5.41) is 5.68. The molecule has 0 aliphatic rings. The van der Waals surface area contributed by atoms with Gasteiger partial charge in [0.1, 0.15) is 9.71 Å². The van der Waals surface area contributed by atoms with Crippen LogP contribution in [0.1, 0.15) is 43.6 Å². The number of methoxy groups -OCH3 is 1. The maximum Gasteiger partial charge on any atom is 0.350 e. The number of hydrogen-bond acceptors (Lipinski definition) is 7. The van der Waals surface area contributed by atoms with E-state index in [4.69, 9.17) is 9.72 Å². The van der Waals surface area contributed by atoms with Gasteiger partial charge in [-0.3, -0.25) is 9.69 Å². The largest absolute Gasteiger partial charge is 0.465 e. The zero-order chi connectivity index (χ0) is 22.7. The SMILES string of the molecule is COC(=O)c1sc2nc(CN(C)[C@H](C)c3cccs3)ccc2c1NC(=O)c1ccccc1. The molecule has 1 amide bonds. The number of ether oxygens (including phenoxy) is 1. The van der Waals surface area contributed by atoms with E-state index >= 15 is 0 Å². The Morgan fingerprint density at radius 1 is 1.12 bits per heavy atom. The molecule has 6 nitrogen and oxygen atoms in total. The number of carbonyl (C=O) groups is 2. The Kier molecular flexibility index (Phi) is 6.64. The zero-order valence-corrected chi connectivity index (χ0v) is 19.6. The summed E-state index contributed by atoms with van der Waals surface area (Å²) in [6.45, 7) is 2.83. The van der Waals surface area contributed by atoms with Gasteiger partial charge in [0.2, 0.25) is 0 Å². The molecule has 1 N–H and O–H groups in total. The van der Waals surface area contributed by atoms with Gasteiger partial charge in [0, 0.05) is 28.4 Å². The molecule has 4 aromatic rings. The van der Waals surface area contributed by atoms with Crippen LogP contribution in [0.3, 0.4) is 0 Å². The molecular weight excluding hydrogens is 442 g/mol. The number of nitrogens with one attached hydrogen (secondary N) is 1. The lowest BCUT2D eigenvalue weighted by Crippen LogP contribution is -2.21. The second kappa shape index (κ2) is 9.60. The lowest BCUT2D eigenvalue weighted by molar-refractivity contribution is 0.0607. The second-order valence-electron chi connectivity index (χ2n) is 7.38. The highest BCUT2D eigenvalue weighted by atomic mass is 32.1. The van der Waals surface area contributed by atoms with E-state index in [9.17, 15) is 9.59 Å². The van der Waals surface area contributed by atoms with Crippen LogP contribution in [0.15, 0.2) is 60.0 Å². The molecule has 3 aromatic heterocycles. The number of carbonyl (C=O) groups excluding carboxylic acids is 2. The molecule has 0 unspecified atom stereocenters. The van der Waals surface area contributed by atoms with Gasteiger partial charge in [0.15, 0.2) is 0 Å². The van der Waals surface area contributed by atoms with Gasteiger partial charge in [0.25, 0.3) is 5.91 Å². The smallest absolute Gasteiger partial charge is 0.350 e. The monoisotopic (exact) mass is 465 g/mol. The summed E-state index contributed by atoms with van der Waals surface area (Å²) in [6.07, 6.45) is 0. The predicted octanol–water partition coefficient (Wildman–Crippen LogP) is 5.59. The molecule has 8 heteroatoms. The van der Waals surface area contributed by atoms with Gasteiger partial charge < -0.3 is 10.1 Å². The van der Waals surface area contributed by atoms with Crippen molar-refractivity contribution in [3.63, 3.8) is 0 Å². The van der Waals surface area contributed by atoms with Gasteiger partial charge in [-0.25, -0.2) is 9.78 Å². The second-order valence-corrected chi connectivity index (χ2v) is 9.36. The number of esters is 1. The first-order valence-corrected chi connectivity index (χ1v) is 11.8. The first-order chi connectivity index (χ1) is 15.5. The lowest BCUT2D eigenvalue weighted by Gasteiger charge is -2.23. The number of nitrogens with zero attached hydrogens (tertiary/aromatic N) is 2. The van der Waals surface area contributed by atoms with E-state index in [1.54, 1.807) is 35.6 Å². The van der Waals surface area contributed by atoms with Gasteiger partial charge in [-0.05, 0) is 49.7 Å². The number of amides is 1. The van der Waals surface area contributed by atoms with Crippen LogP contribution in [0, 0.1) is 0 Å². The van der Waals surface area contributed by atoms with Crippen LogP contribution in [0.2, 0.25) is 0 Å². The molecule has 1 aromatic carbocycles. The number of pyridine rings is 1. The molecule has 0 aliphatic carbocycles. The van der Waals surface area contributed by atoms with E-state index in [0.29, 0.717) is 27.5 Å². The summed E-state index contributed by atoms with van der Waals surface area (Å²) in [5.74, 6) is -0.787. The van der Waals surface area contributed by atoms with E-state index in [1.807, 2.05) is 18.2 Å². The predicted molar refractivity (Wildman–Crippen MR) is 130 cm³/mol. The topological polar surface area (TPSA) is 71.5 Å². The van der Waals surface area contributed by atoms with E-state index in [-0.39, 0.29) is 11.9 Å². The Labute approximate surface area is 194 Å². The minimum absolute atomic E-state index is 0.266. The third-order valence-electron chi connectivity index (χ3n) is 5.29. The number of thiophene rings is 2. The van der Waals surface area contributed by atoms with Crippen molar-refractivity contribution in [2.45, 2.75) is 19.5 Å². The van der Waals surface area contributed by atoms with Gasteiger partial charge in [-0.1, -0.05) is 24.3 Å². The number of hydrogen-bond donors (Lipinski definition) is 1. The van der Waals surface area contributed by atoms with E-state index < -0.39 is 5.97 Å². The number of anilines is 1. The Morgan fingerprint density at radius 3 is 2.59 bits per heavy atom. The van der Waals surface area contributed by atoms with Crippen molar-refractivity contribution >= 4 is 50.5 Å². The fraction of sp³-hybridized carbons (Fsp3) is 0.208. The van der Waals surface area contributed by atoms with Gasteiger partial charge >= 0.3 is 5.97 Å². The van der Waals surface area contributed by atoms with E-state index in [1.165, 1.54) is 23.3 Å². The summed E-state index contributed by atoms with van der Waals surface area (Å²) < 4.78 is 4.95. The molecule has 0 saturated heterocycles. The van der Waals surface area contributed by atoms with E-state index in [2.05, 4.69) is 41.7 Å². The molecule has 0 spiro atoms. The molecule has 164 valence electrons. The average Bonchev–Trinajstić information content (AvgIpc) is 3.47. The van der Waals surface area contributed by atoms with Crippen molar-refractivity contribution in [1.29, 1.82) is 0 Å². The Morgan fingerprint density at radius 2 is 1.91 bits per heavy atom. The van der Waals surface area contributed by atoms with Crippen molar-refractivity contribution in [1.82, 2.24) is 9.88 Å². The normalized spacial score (nSPS) is 12.1. The molecule has 0 bridgehead atoms. The number of benzene rings is 1. The Bertz CT molecular complexity index is 1240. The highest BCUT2D eigenvalue weighted by Gasteiger charge is 2.23. The van der Waals surface area contributed by atoms with Crippen molar-refractivity contribution in [2.75, 3.05) is 19.5 Å². The zero-order valence-electron chi connectivity index (χ0n) is 18.0. The highest BCUT2D eigenvalue weighted by Crippen LogP contribution is 2.36. The molecule has 0 saturated carbocycles. The molecule has 32 heavy (non-hydrogen) atoms. The van der Waals surface area contributed by atoms with Crippen molar-refractivity contribution in [3.05, 3.63) is 81.0 Å². The van der Waals surface area contributed by atoms with E-state index in [0.717, 1.165) is 11.1 Å². The standard InChI is InChI=1S/C24H23N3O3S2/c1-15(19-10-7-13-31-19)27(2)14-17-11-12-18-20(21(24(29)30-3)32-23(18)25-17)26-22(28)16-8-5-4-6-9-16/h4-13,15H,14H2,1-3H3,(H,26,28)/t15-/m1/s1. The van der Waals surface area contributed by atoms with Crippen molar-refractivity contribution in [2.24, 2.45) is 0 Å². The summed E-state index contributed by atoms with van der Waals surface area (Å²) in [5.41, 5.74) is 1.84. The minimum atomic E-state index is -0.499. The molecule has 4 rings (SSSR count). The molecule has 0 aliphatic heterocycles. The fourth-order valence-electron chi connectivity index (χ4n) is 3.38. The van der Waals surface area contributed by atoms with Crippen LogP contribution in [0.4, 0.5) is 5.69 Å². The average molecular weight is 466 g/mol. The molecule has 3 heterocycles. The summed E-state index contributed by atoms with van der Waals surface area (Å²) >= 11 is 2.96. The third kappa shape index (κ3) is 4.57. The first kappa shape index (κ1) is 22.1. The highest BCUT2D eigenvalue weighted by molar-refractivity contribution is 7.21. The molecule has 0 fully saturated rings. The van der Waals surface area contributed by atoms with Crippen LogP contribution >= 0.6 is 22.7 Å². The van der Waals surface area contributed by atoms with Crippen LogP contribution < -0.4 is 5.32 Å². The molecule has 0 radical (unpaired) electrons. The number of aromatic nitrogens is 1. The van der Waals surface area contributed by atoms with Crippen molar-refractivity contribution in [3.8, 4) is 0 Å². The summed E-state index contributed by atoms with van der Waals surface area (Å²) in [7, 11) is 3.39. The van der Waals surface area contributed by atoms with Gasteiger partial charge in [-0.15, -0.1) is 22.7 Å². The fourth-order valence-corrected chi connectivity index (χ4v) is 5.29. The Balaban J connectivity index is 1.63. The first-order valence-electron chi connectivity index (χ1n) is 10.1. The maximum atomic E-state index is 12.7. The third-order valence-corrected chi connectivity index (χ3v) is 7.41. The van der Waals surface area contributed by atoms with Crippen LogP contribution in [-0.2, 0) is 11.3 Å². The van der Waals surface area contributed by atoms with Crippen LogP contribution in [0.5, 0.6) is 0 Å². The van der Waals surface area contributed by atoms with Gasteiger partial charge in [0.05, 0.1) is 18.5 Å². The minimum Gasteiger partial charge on any atom is -0.465 e.